The van der Waals surface area contributed by atoms with Gasteiger partial charge in [0.15, 0.2) is 0 Å². The highest BCUT2D eigenvalue weighted by molar-refractivity contribution is 7.89. The summed E-state index contributed by atoms with van der Waals surface area (Å²) in [7, 11) is -7.48. The van der Waals surface area contributed by atoms with Gasteiger partial charge in [-0.05, 0) is 38.5 Å². The molecule has 0 saturated carbocycles. The summed E-state index contributed by atoms with van der Waals surface area (Å²) in [6.45, 7) is 3.92. The molecule has 0 spiro atoms. The number of hydrogen-bond donors (Lipinski definition) is 1. The molecule has 0 bridgehead atoms. The van der Waals surface area contributed by atoms with E-state index in [4.69, 9.17) is 11.6 Å². The lowest BCUT2D eigenvalue weighted by Gasteiger charge is -2.22. The minimum atomic E-state index is -3.75. The highest BCUT2D eigenvalue weighted by Gasteiger charge is 2.34. The summed E-state index contributed by atoms with van der Waals surface area (Å²) < 4.78 is 54.4. The molecule has 0 unspecified atom stereocenters. The highest BCUT2D eigenvalue weighted by Crippen LogP contribution is 2.25. The molecule has 1 aliphatic rings. The Morgan fingerprint density at radius 3 is 2.19 bits per heavy atom. The number of aryl methyl sites for hydroxylation is 2. The second kappa shape index (κ2) is 7.51. The van der Waals surface area contributed by atoms with Crippen LogP contribution in [0.2, 0.25) is 5.02 Å². The van der Waals surface area contributed by atoms with Crippen molar-refractivity contribution in [2.75, 3.05) is 26.2 Å². The molecule has 0 radical (unpaired) electrons. The van der Waals surface area contributed by atoms with E-state index in [0.29, 0.717) is 22.8 Å². The first kappa shape index (κ1) is 20.3. The second-order valence-electron chi connectivity index (χ2n) is 6.38. The SMILES string of the molecule is Cc1n[nH]c(C)c1S(=O)(=O)N1CCCN(S(=O)(=O)c2cccc(Cl)c2)CC1. The summed E-state index contributed by atoms with van der Waals surface area (Å²) in [6, 6.07) is 6.06. The standard InChI is InChI=1S/C16H21ClN4O4S2/c1-12-16(13(2)19-18-12)27(24,25)21-8-4-7-20(9-10-21)26(22,23)15-6-3-5-14(17)11-15/h3,5-6,11H,4,7-10H2,1-2H3,(H,18,19). The lowest BCUT2D eigenvalue weighted by atomic mass is 10.4. The maximum Gasteiger partial charge on any atom is 0.246 e. The van der Waals surface area contributed by atoms with Gasteiger partial charge in [0.1, 0.15) is 4.90 Å². The van der Waals surface area contributed by atoms with Gasteiger partial charge in [0, 0.05) is 31.2 Å². The van der Waals surface area contributed by atoms with E-state index in [-0.39, 0.29) is 36.0 Å². The topological polar surface area (TPSA) is 103 Å². The number of hydrogen-bond acceptors (Lipinski definition) is 5. The zero-order chi connectivity index (χ0) is 19.8. The summed E-state index contributed by atoms with van der Waals surface area (Å²) in [5, 5.41) is 6.97. The van der Waals surface area contributed by atoms with Crippen molar-refractivity contribution in [3.8, 4) is 0 Å². The van der Waals surface area contributed by atoms with Crippen LogP contribution in [0.15, 0.2) is 34.1 Å². The van der Waals surface area contributed by atoms with Crippen LogP contribution in [0.3, 0.4) is 0 Å². The molecule has 8 nitrogen and oxygen atoms in total. The summed E-state index contributed by atoms with van der Waals surface area (Å²) in [4.78, 5) is 0.265. The smallest absolute Gasteiger partial charge is 0.246 e. The molecular weight excluding hydrogens is 412 g/mol. The fourth-order valence-electron chi connectivity index (χ4n) is 3.18. The molecule has 1 aromatic heterocycles. The van der Waals surface area contributed by atoms with Crippen LogP contribution in [0.1, 0.15) is 17.8 Å². The van der Waals surface area contributed by atoms with Crippen molar-refractivity contribution in [3.63, 3.8) is 0 Å². The van der Waals surface area contributed by atoms with Crippen LogP contribution < -0.4 is 0 Å². The molecule has 1 aliphatic heterocycles. The van der Waals surface area contributed by atoms with Gasteiger partial charge in [0.2, 0.25) is 20.0 Å². The fourth-order valence-corrected chi connectivity index (χ4v) is 6.75. The van der Waals surface area contributed by atoms with E-state index in [1.165, 1.54) is 20.7 Å². The number of aromatic amines is 1. The van der Waals surface area contributed by atoms with Crippen molar-refractivity contribution in [1.29, 1.82) is 0 Å². The number of rotatable bonds is 4. The van der Waals surface area contributed by atoms with Crippen molar-refractivity contribution in [2.45, 2.75) is 30.1 Å². The number of aromatic nitrogens is 2. The predicted octanol–water partition coefficient (Wildman–Crippen LogP) is 1.77. The number of halogens is 1. The van der Waals surface area contributed by atoms with E-state index in [9.17, 15) is 16.8 Å². The lowest BCUT2D eigenvalue weighted by Crippen LogP contribution is -2.37. The molecule has 3 rings (SSSR count). The Balaban J connectivity index is 1.84. The maximum atomic E-state index is 13.0. The van der Waals surface area contributed by atoms with Crippen LogP contribution in [0.25, 0.3) is 0 Å². The average Bonchev–Trinajstić information content (AvgIpc) is 2.81. The zero-order valence-electron chi connectivity index (χ0n) is 15.0. The molecule has 1 N–H and O–H groups in total. The molecule has 2 heterocycles. The average molecular weight is 433 g/mol. The van der Waals surface area contributed by atoms with E-state index >= 15 is 0 Å². The van der Waals surface area contributed by atoms with Gasteiger partial charge < -0.3 is 0 Å². The van der Waals surface area contributed by atoms with Gasteiger partial charge in [0.05, 0.1) is 16.3 Å². The Morgan fingerprint density at radius 2 is 1.63 bits per heavy atom. The van der Waals surface area contributed by atoms with E-state index in [1.807, 2.05) is 0 Å². The first-order valence-corrected chi connectivity index (χ1v) is 11.7. The molecule has 1 aromatic carbocycles. The summed E-state index contributed by atoms with van der Waals surface area (Å²) in [5.74, 6) is 0. The van der Waals surface area contributed by atoms with Crippen LogP contribution >= 0.6 is 11.6 Å². The number of H-pyrrole nitrogens is 1. The molecule has 11 heteroatoms. The van der Waals surface area contributed by atoms with Gasteiger partial charge in [0.25, 0.3) is 0 Å². The van der Waals surface area contributed by atoms with Gasteiger partial charge in [-0.15, -0.1) is 0 Å². The third-order valence-corrected chi connectivity index (χ3v) is 8.80. The molecule has 0 aliphatic carbocycles. The second-order valence-corrected chi connectivity index (χ2v) is 10.6. The first-order chi connectivity index (χ1) is 12.6. The predicted molar refractivity (Wildman–Crippen MR) is 102 cm³/mol. The van der Waals surface area contributed by atoms with Crippen LogP contribution in [0, 0.1) is 13.8 Å². The van der Waals surface area contributed by atoms with Gasteiger partial charge in [-0.2, -0.15) is 13.7 Å². The van der Waals surface area contributed by atoms with E-state index in [1.54, 1.807) is 26.0 Å². The van der Waals surface area contributed by atoms with Crippen LogP contribution in [0.5, 0.6) is 0 Å². The molecule has 1 fully saturated rings. The van der Waals surface area contributed by atoms with Gasteiger partial charge >= 0.3 is 0 Å². The normalized spacial score (nSPS) is 17.7. The zero-order valence-corrected chi connectivity index (χ0v) is 17.4. The number of benzene rings is 1. The molecule has 27 heavy (non-hydrogen) atoms. The largest absolute Gasteiger partial charge is 0.281 e. The fraction of sp³-hybridized carbons (Fsp3) is 0.438. The number of nitrogens with one attached hydrogen (secondary N) is 1. The quantitative estimate of drug-likeness (QED) is 0.792. The number of sulfonamides is 2. The maximum absolute atomic E-state index is 13.0. The van der Waals surface area contributed by atoms with Crippen molar-refractivity contribution >= 4 is 31.6 Å². The molecule has 0 amide bonds. The lowest BCUT2D eigenvalue weighted by molar-refractivity contribution is 0.404. The molecule has 0 atom stereocenters. The molecule has 148 valence electrons. The molecule has 1 saturated heterocycles. The summed E-state index contributed by atoms with van der Waals surface area (Å²) in [6.07, 6.45) is 0.398. The van der Waals surface area contributed by atoms with Crippen LogP contribution in [-0.4, -0.2) is 61.8 Å². The third-order valence-electron chi connectivity index (χ3n) is 4.51. The van der Waals surface area contributed by atoms with Crippen molar-refractivity contribution in [2.24, 2.45) is 0 Å². The van der Waals surface area contributed by atoms with Gasteiger partial charge in [-0.25, -0.2) is 16.8 Å². The van der Waals surface area contributed by atoms with Gasteiger partial charge in [-0.3, -0.25) is 5.10 Å². The summed E-state index contributed by atoms with van der Waals surface area (Å²) in [5.41, 5.74) is 0.875. The van der Waals surface area contributed by atoms with Crippen LogP contribution in [-0.2, 0) is 20.0 Å². The Kier molecular flexibility index (Phi) is 5.64. The van der Waals surface area contributed by atoms with E-state index < -0.39 is 20.0 Å². The minimum absolute atomic E-state index is 0.0734. The first-order valence-electron chi connectivity index (χ1n) is 8.41. The van der Waals surface area contributed by atoms with E-state index in [0.717, 1.165) is 0 Å². The number of nitrogens with zero attached hydrogens (tertiary/aromatic N) is 3. The molecular formula is C16H21ClN4O4S2. The Morgan fingerprint density at radius 1 is 1.00 bits per heavy atom. The van der Waals surface area contributed by atoms with Crippen LogP contribution in [0.4, 0.5) is 0 Å². The Bertz CT molecular complexity index is 1030. The Hall–Kier alpha value is -1.46. The van der Waals surface area contributed by atoms with Gasteiger partial charge in [-0.1, -0.05) is 17.7 Å². The van der Waals surface area contributed by atoms with E-state index in [2.05, 4.69) is 10.2 Å². The third kappa shape index (κ3) is 3.90. The summed E-state index contributed by atoms with van der Waals surface area (Å²) >= 11 is 5.91. The monoisotopic (exact) mass is 432 g/mol. The highest BCUT2D eigenvalue weighted by atomic mass is 35.5. The molecule has 2 aromatic rings. The van der Waals surface area contributed by atoms with Crippen molar-refractivity contribution in [3.05, 3.63) is 40.7 Å². The minimum Gasteiger partial charge on any atom is -0.281 e. The Labute approximate surface area is 164 Å². The van der Waals surface area contributed by atoms with Crippen molar-refractivity contribution in [1.82, 2.24) is 18.8 Å². The van der Waals surface area contributed by atoms with Crippen molar-refractivity contribution < 1.29 is 16.8 Å².